The van der Waals surface area contributed by atoms with Crippen molar-refractivity contribution < 1.29 is 18.9 Å². The van der Waals surface area contributed by atoms with E-state index < -0.39 is 0 Å². The molecule has 0 spiro atoms. The topological polar surface area (TPSA) is 43.5 Å². The quantitative estimate of drug-likeness (QED) is 0.245. The highest BCUT2D eigenvalue weighted by Crippen LogP contribution is 2.17. The summed E-state index contributed by atoms with van der Waals surface area (Å²) in [6.07, 6.45) is 13.7. The third-order valence-electron chi connectivity index (χ3n) is 4.28. The van der Waals surface area contributed by atoms with E-state index in [0.717, 1.165) is 19.6 Å². The van der Waals surface area contributed by atoms with Crippen molar-refractivity contribution in [2.45, 2.75) is 89.6 Å². The lowest BCUT2D eigenvalue weighted by Gasteiger charge is -2.17. The van der Waals surface area contributed by atoms with Gasteiger partial charge in [-0.05, 0) is 12.8 Å². The van der Waals surface area contributed by atoms with Crippen molar-refractivity contribution in [3.05, 3.63) is 0 Å². The summed E-state index contributed by atoms with van der Waals surface area (Å²) >= 11 is 0. The summed E-state index contributed by atoms with van der Waals surface area (Å²) in [7, 11) is 0. The van der Waals surface area contributed by atoms with Crippen molar-refractivity contribution >= 4 is 0 Å². The number of epoxide rings is 2. The molecular formula is C18H34O4. The molecule has 22 heavy (non-hydrogen) atoms. The SMILES string of the molecule is CCCCCCCCCCCC(OCC1CO1)OCC1CO1. The van der Waals surface area contributed by atoms with Gasteiger partial charge in [0.2, 0.25) is 0 Å². The summed E-state index contributed by atoms with van der Waals surface area (Å²) in [5.74, 6) is 0. The number of ether oxygens (including phenoxy) is 4. The van der Waals surface area contributed by atoms with Gasteiger partial charge in [0.15, 0.2) is 6.29 Å². The summed E-state index contributed by atoms with van der Waals surface area (Å²) in [4.78, 5) is 0. The van der Waals surface area contributed by atoms with Gasteiger partial charge in [0.05, 0.1) is 26.4 Å². The Balaban J connectivity index is 1.41. The Kier molecular flexibility index (Phi) is 9.41. The molecule has 2 aliphatic rings. The summed E-state index contributed by atoms with van der Waals surface area (Å²) < 4.78 is 22.0. The Labute approximate surface area is 135 Å². The molecule has 4 nitrogen and oxygen atoms in total. The van der Waals surface area contributed by atoms with Crippen LogP contribution in [0.25, 0.3) is 0 Å². The highest BCUT2D eigenvalue weighted by Gasteiger charge is 2.27. The lowest BCUT2D eigenvalue weighted by Crippen LogP contribution is -2.22. The van der Waals surface area contributed by atoms with E-state index in [1.807, 2.05) is 0 Å². The largest absolute Gasteiger partial charge is 0.371 e. The first kappa shape index (κ1) is 18.2. The van der Waals surface area contributed by atoms with Crippen molar-refractivity contribution in [3.63, 3.8) is 0 Å². The van der Waals surface area contributed by atoms with Gasteiger partial charge in [-0.25, -0.2) is 0 Å². The molecule has 0 radical (unpaired) electrons. The standard InChI is InChI=1S/C18H34O4/c1-2-3-4-5-6-7-8-9-10-11-18(21-14-16-12-19-16)22-15-17-13-20-17/h16-18H,2-15H2,1H3. The molecule has 2 rings (SSSR count). The van der Waals surface area contributed by atoms with E-state index in [1.165, 1.54) is 57.8 Å². The molecule has 0 aliphatic carbocycles. The average Bonchev–Trinajstić information content (AvgIpc) is 3.41. The lowest BCUT2D eigenvalue weighted by molar-refractivity contribution is -0.151. The van der Waals surface area contributed by atoms with Crippen molar-refractivity contribution in [2.75, 3.05) is 26.4 Å². The van der Waals surface area contributed by atoms with Gasteiger partial charge in [0, 0.05) is 0 Å². The monoisotopic (exact) mass is 314 g/mol. The molecule has 2 saturated heterocycles. The van der Waals surface area contributed by atoms with Crippen molar-refractivity contribution in [1.29, 1.82) is 0 Å². The molecule has 0 aromatic rings. The van der Waals surface area contributed by atoms with Crippen LogP contribution in [0.5, 0.6) is 0 Å². The van der Waals surface area contributed by atoms with E-state index in [-0.39, 0.29) is 6.29 Å². The molecule has 0 N–H and O–H groups in total. The highest BCUT2D eigenvalue weighted by molar-refractivity contribution is 4.70. The Hall–Kier alpha value is -0.160. The van der Waals surface area contributed by atoms with Crippen LogP contribution in [0.1, 0.15) is 71.1 Å². The molecule has 2 fully saturated rings. The van der Waals surface area contributed by atoms with Gasteiger partial charge >= 0.3 is 0 Å². The van der Waals surface area contributed by atoms with Crippen LogP contribution in [0.3, 0.4) is 0 Å². The Bertz CT molecular complexity index is 248. The third kappa shape index (κ3) is 9.78. The van der Waals surface area contributed by atoms with Crippen LogP contribution in [-0.2, 0) is 18.9 Å². The zero-order valence-electron chi connectivity index (χ0n) is 14.3. The Morgan fingerprint density at radius 1 is 0.773 bits per heavy atom. The second kappa shape index (κ2) is 11.4. The molecule has 0 aromatic heterocycles. The van der Waals surface area contributed by atoms with Gasteiger partial charge in [0.25, 0.3) is 0 Å². The zero-order chi connectivity index (χ0) is 15.5. The predicted octanol–water partition coefficient (Wildman–Crippen LogP) is 4.06. The maximum absolute atomic E-state index is 5.81. The van der Waals surface area contributed by atoms with Crippen LogP contribution < -0.4 is 0 Å². The van der Waals surface area contributed by atoms with Crippen LogP contribution in [-0.4, -0.2) is 44.9 Å². The fraction of sp³-hybridized carbons (Fsp3) is 1.00. The van der Waals surface area contributed by atoms with E-state index in [4.69, 9.17) is 18.9 Å². The molecule has 0 bridgehead atoms. The zero-order valence-corrected chi connectivity index (χ0v) is 14.3. The predicted molar refractivity (Wildman–Crippen MR) is 87.0 cm³/mol. The molecule has 0 amide bonds. The summed E-state index contributed by atoms with van der Waals surface area (Å²) in [5.41, 5.74) is 0. The van der Waals surface area contributed by atoms with Crippen LogP contribution in [0, 0.1) is 0 Å². The molecule has 2 heterocycles. The summed E-state index contributed by atoms with van der Waals surface area (Å²) in [6.45, 7) is 5.31. The van der Waals surface area contributed by atoms with Gasteiger partial charge < -0.3 is 18.9 Å². The third-order valence-corrected chi connectivity index (χ3v) is 4.28. The second-order valence-corrected chi connectivity index (χ2v) is 6.62. The van der Waals surface area contributed by atoms with Crippen molar-refractivity contribution in [2.24, 2.45) is 0 Å². The average molecular weight is 314 g/mol. The molecule has 2 aliphatic heterocycles. The van der Waals surface area contributed by atoms with E-state index in [1.54, 1.807) is 0 Å². The number of rotatable bonds is 16. The van der Waals surface area contributed by atoms with Crippen LogP contribution >= 0.6 is 0 Å². The minimum absolute atomic E-state index is 0.0713. The Morgan fingerprint density at radius 2 is 1.23 bits per heavy atom. The smallest absolute Gasteiger partial charge is 0.157 e. The van der Waals surface area contributed by atoms with Gasteiger partial charge in [-0.1, -0.05) is 58.3 Å². The fourth-order valence-corrected chi connectivity index (χ4v) is 2.59. The van der Waals surface area contributed by atoms with E-state index in [0.29, 0.717) is 25.4 Å². The summed E-state index contributed by atoms with van der Waals surface area (Å²) in [6, 6.07) is 0. The van der Waals surface area contributed by atoms with Crippen molar-refractivity contribution in [3.8, 4) is 0 Å². The van der Waals surface area contributed by atoms with Crippen LogP contribution in [0.15, 0.2) is 0 Å². The maximum atomic E-state index is 5.81. The van der Waals surface area contributed by atoms with Crippen LogP contribution in [0.4, 0.5) is 0 Å². The normalized spacial score (nSPS) is 24.4. The molecule has 0 saturated carbocycles. The highest BCUT2D eigenvalue weighted by atomic mass is 16.7. The molecule has 2 unspecified atom stereocenters. The van der Waals surface area contributed by atoms with Gasteiger partial charge in [-0.3, -0.25) is 0 Å². The molecule has 130 valence electrons. The summed E-state index contributed by atoms with van der Waals surface area (Å²) in [5, 5.41) is 0. The van der Waals surface area contributed by atoms with E-state index >= 15 is 0 Å². The Morgan fingerprint density at radius 3 is 1.68 bits per heavy atom. The minimum Gasteiger partial charge on any atom is -0.371 e. The second-order valence-electron chi connectivity index (χ2n) is 6.62. The number of unbranched alkanes of at least 4 members (excludes halogenated alkanes) is 8. The maximum Gasteiger partial charge on any atom is 0.157 e. The molecule has 0 aromatic carbocycles. The molecule has 4 heteroatoms. The van der Waals surface area contributed by atoms with E-state index in [2.05, 4.69) is 6.92 Å². The van der Waals surface area contributed by atoms with Gasteiger partial charge in [-0.15, -0.1) is 0 Å². The minimum atomic E-state index is -0.0713. The first-order chi connectivity index (χ1) is 10.9. The molecular weight excluding hydrogens is 280 g/mol. The number of hydrogen-bond acceptors (Lipinski definition) is 4. The van der Waals surface area contributed by atoms with E-state index in [9.17, 15) is 0 Å². The lowest BCUT2D eigenvalue weighted by atomic mass is 10.1. The molecule has 2 atom stereocenters. The van der Waals surface area contributed by atoms with Crippen molar-refractivity contribution in [1.82, 2.24) is 0 Å². The van der Waals surface area contributed by atoms with Gasteiger partial charge in [-0.2, -0.15) is 0 Å². The van der Waals surface area contributed by atoms with Gasteiger partial charge in [0.1, 0.15) is 12.2 Å². The van der Waals surface area contributed by atoms with Crippen LogP contribution in [0.2, 0.25) is 0 Å². The first-order valence-corrected chi connectivity index (χ1v) is 9.35. The number of hydrogen-bond donors (Lipinski definition) is 0. The fourth-order valence-electron chi connectivity index (χ4n) is 2.59. The first-order valence-electron chi connectivity index (χ1n) is 9.35.